The van der Waals surface area contributed by atoms with Gasteiger partial charge in [-0.25, -0.2) is 99.7 Å². The summed E-state index contributed by atoms with van der Waals surface area (Å²) in [7, 11) is 0. The first-order valence-electron chi connectivity index (χ1n) is 45.1. The number of hydrogen-bond donors (Lipinski definition) is 25. The summed E-state index contributed by atoms with van der Waals surface area (Å²) < 4.78 is 0. The smallest absolute Gasteiger partial charge is 0.328 e. The summed E-state index contributed by atoms with van der Waals surface area (Å²) in [5, 5.41) is 269. The Bertz CT molecular complexity index is 5040. The van der Waals surface area contributed by atoms with Gasteiger partial charge in [-0.05, 0) is 193 Å². The molecule has 1 heterocycles. The molecule has 0 bridgehead atoms. The number of aliphatic carboxylic acids is 2. The van der Waals surface area contributed by atoms with Crippen LogP contribution in [0.15, 0.2) is 125 Å². The Hall–Kier alpha value is -13.5. The molecule has 1 aromatic rings. The van der Waals surface area contributed by atoms with E-state index in [0.29, 0.717) is 12.0 Å². The van der Waals surface area contributed by atoms with Gasteiger partial charge < -0.3 is 122 Å². The predicted molar refractivity (Wildman–Crippen MR) is 542 cm³/mol. The molecule has 1 aliphatic rings. The van der Waals surface area contributed by atoms with E-state index in [1.54, 1.807) is 71.9 Å². The minimum absolute atomic E-state index is 0.0351. The van der Waals surface area contributed by atoms with Crippen molar-refractivity contribution in [3.63, 3.8) is 0 Å². The van der Waals surface area contributed by atoms with Gasteiger partial charge in [0.2, 0.25) is 106 Å². The van der Waals surface area contributed by atoms with Gasteiger partial charge in [0.15, 0.2) is 23.7 Å². The third-order valence-electron chi connectivity index (χ3n) is 21.5. The molecule has 48 heteroatoms. The Morgan fingerprint density at radius 3 is 1.19 bits per heavy atom. The highest BCUT2D eigenvalue weighted by Gasteiger charge is 2.44. The van der Waals surface area contributed by atoms with Crippen LogP contribution < -0.4 is 0 Å². The van der Waals surface area contributed by atoms with Gasteiger partial charge in [0.25, 0.3) is 5.91 Å². The normalized spacial score (nSPS) is 19.1. The number of benzene rings is 1. The molecule has 12 atom stereocenters. The van der Waals surface area contributed by atoms with Crippen LogP contribution in [0.3, 0.4) is 0 Å². The molecule has 1 saturated heterocycles. The third kappa shape index (κ3) is 38.8. The van der Waals surface area contributed by atoms with Crippen LogP contribution in [0.1, 0.15) is 250 Å². The van der Waals surface area contributed by atoms with Crippen LogP contribution in [0.4, 0.5) is 0 Å². The lowest BCUT2D eigenvalue weighted by atomic mass is 9.97. The van der Waals surface area contributed by atoms with Gasteiger partial charge in [-0.15, -0.1) is 0 Å². The average Bonchev–Trinajstić information content (AvgIpc) is 1.79. The van der Waals surface area contributed by atoms with E-state index < -0.39 is 297 Å². The van der Waals surface area contributed by atoms with E-state index in [-0.39, 0.29) is 50.5 Å². The maximum Gasteiger partial charge on any atom is 0.328 e. The van der Waals surface area contributed by atoms with Crippen molar-refractivity contribution in [3.8, 4) is 0 Å². The van der Waals surface area contributed by atoms with Crippen molar-refractivity contribution < 1.29 is 132 Å². The lowest BCUT2D eigenvalue weighted by Crippen LogP contribution is -2.50. The maximum atomic E-state index is 14.6. The minimum atomic E-state index is -1.90. The fourth-order valence-corrected chi connectivity index (χ4v) is 12.8. The Morgan fingerprint density at radius 1 is 0.388 bits per heavy atom. The van der Waals surface area contributed by atoms with Crippen molar-refractivity contribution in [2.75, 3.05) is 13.1 Å². The first-order chi connectivity index (χ1) is 63.6. The number of aliphatic hydroxyl groups is 21. The number of carbonyl (C=O) groups is 3. The van der Waals surface area contributed by atoms with E-state index in [1.807, 2.05) is 0 Å². The van der Waals surface area contributed by atoms with Crippen molar-refractivity contribution in [1.82, 2.24) is 4.90 Å². The topological polar surface area (TPSA) is 802 Å². The van der Waals surface area contributed by atoms with E-state index in [1.165, 1.54) is 143 Å². The van der Waals surface area contributed by atoms with Gasteiger partial charge in [-0.1, -0.05) is 78.8 Å². The number of rotatable bonds is 55. The summed E-state index contributed by atoms with van der Waals surface area (Å²) >= 11 is 0. The monoisotopic (exact) mass is 1970 g/mol. The van der Waals surface area contributed by atoms with Crippen molar-refractivity contribution in [1.29, 1.82) is 10.8 Å². The highest BCUT2D eigenvalue weighted by Crippen LogP contribution is 2.30. The molecule has 0 saturated carbocycles. The number of nitrogens with one attached hydrogen (secondary N) is 2. The van der Waals surface area contributed by atoms with Crippen molar-refractivity contribution >= 4 is 142 Å². The van der Waals surface area contributed by atoms with Crippen LogP contribution in [-0.4, -0.2) is 388 Å². The number of nitrogens with zero attached hydrogens (tertiary/aromatic N) is 20. The maximum absolute atomic E-state index is 14.6. The van der Waals surface area contributed by atoms with Crippen LogP contribution in [0, 0.1) is 28.6 Å². The first kappa shape index (κ1) is 122. The van der Waals surface area contributed by atoms with Gasteiger partial charge in [-0.3, -0.25) is 20.4 Å². The van der Waals surface area contributed by atoms with Gasteiger partial charge >= 0.3 is 11.9 Å². The summed E-state index contributed by atoms with van der Waals surface area (Å²) in [6.07, 6.45) is -2.69. The summed E-state index contributed by atoms with van der Waals surface area (Å²) in [5.41, 5.74) is -13.5. The molecule has 1 fully saturated rings. The number of aliphatic imine (C=N–C) groups is 19. The first-order valence-corrected chi connectivity index (χ1v) is 45.1. The number of amides is 1. The Labute approximate surface area is 808 Å². The second-order valence-corrected chi connectivity index (χ2v) is 38.6. The molecule has 0 spiro atoms. The van der Waals surface area contributed by atoms with Crippen LogP contribution in [0.2, 0.25) is 0 Å². The second-order valence-electron chi connectivity index (χ2n) is 38.6. The minimum Gasteiger partial charge on any atom is -0.497 e. The van der Waals surface area contributed by atoms with Gasteiger partial charge in [0.1, 0.15) is 111 Å². The summed E-state index contributed by atoms with van der Waals surface area (Å²) in [4.78, 5) is 119. The second kappa shape index (κ2) is 51.8. The largest absolute Gasteiger partial charge is 0.497 e. The number of carboxylic acid groups (broad SMARTS) is 2. The van der Waals surface area contributed by atoms with E-state index in [0.717, 1.165) is 0 Å². The van der Waals surface area contributed by atoms with Gasteiger partial charge in [0.05, 0.1) is 0 Å². The molecule has 1 aliphatic heterocycles. The molecule has 1 unspecified atom stereocenters. The molecule has 1 aromatic carbocycles. The lowest BCUT2D eigenvalue weighted by Gasteiger charge is -2.31. The van der Waals surface area contributed by atoms with Crippen molar-refractivity contribution in [2.45, 2.75) is 361 Å². The van der Waals surface area contributed by atoms with E-state index >= 15 is 0 Å². The molecule has 25 N–H and O–H groups in total. The third-order valence-corrected chi connectivity index (χ3v) is 21.5. The highest BCUT2D eigenvalue weighted by atomic mass is 16.4. The fourth-order valence-electron chi connectivity index (χ4n) is 12.8. The van der Waals surface area contributed by atoms with Gasteiger partial charge in [0, 0.05) is 39.2 Å². The van der Waals surface area contributed by atoms with Crippen LogP contribution in [-0.2, 0) is 20.8 Å². The van der Waals surface area contributed by atoms with E-state index in [2.05, 4.69) is 94.9 Å². The fraction of sp³-hybridized carbons (Fsp3) is 0.670. The molecule has 139 heavy (non-hydrogen) atoms. The zero-order chi connectivity index (χ0) is 107. The van der Waals surface area contributed by atoms with Crippen LogP contribution in [0.25, 0.3) is 0 Å². The van der Waals surface area contributed by atoms with Gasteiger partial charge in [-0.2, -0.15) is 0 Å². The van der Waals surface area contributed by atoms with Crippen molar-refractivity contribution in [2.24, 2.45) is 113 Å². The molecule has 48 nitrogen and oxygen atoms in total. The Kier molecular flexibility index (Phi) is 45.3. The molecule has 0 aromatic heterocycles. The number of carbonyl (C=O) groups excluding carboxylic acids is 1. The summed E-state index contributed by atoms with van der Waals surface area (Å²) in [6, 6.07) is -7.28. The van der Waals surface area contributed by atoms with Crippen LogP contribution in [0.5, 0.6) is 0 Å². The SMILES string of the molecule is CCC(C)(N=C(O)C(C)(C)N=C(O)[C@@H](N=C(O)[C@@H]1CCCN1C(=O)C(C)(C)N=C(O)[C@H](CC(C)C)N=C(O)CN=C(O)C(C)(C)N=C(O)[C@@H](N=C(O)C(C)(C)N=C(O)[C@H](CCC(=N)O)N=C(O)[C@H](C)N=C(O)C(C)(C)N=C(O)[C@H](C)N=C(O)C(C)(C)N=C(O)[C@H](C)N=C(O)C(C)(C)N=C(C)O)C(C)C)C(C)C)C(O)=N[C@@H](CCC(=O)O)C(O)=N[C@@H](CCC(=N)O)C(O)=N[C@@H](Cc1ccccc1)C(=O)O. The molecule has 0 radical (unpaired) electrons. The number of aliphatic hydroxyl groups excluding tert-OH is 21. The highest BCUT2D eigenvalue weighted by molar-refractivity contribution is 6.01. The Balaban J connectivity index is 2.54. The number of likely N-dealkylation sites (tertiary alicyclic amines) is 1. The Morgan fingerprint density at radius 2 is 0.763 bits per heavy atom. The molecule has 1 amide bonds. The zero-order valence-electron chi connectivity index (χ0n) is 84.1. The predicted octanol–water partition coefficient (Wildman–Crippen LogP) is 13.7. The average molecular weight is 1970 g/mol. The molecular formula is C91H148N22O26. The number of hydrogen-bond acceptors (Lipinski definition) is 24. The van der Waals surface area contributed by atoms with Crippen molar-refractivity contribution in [3.05, 3.63) is 35.9 Å². The summed E-state index contributed by atoms with van der Waals surface area (Å²) in [6.45, 7) is 36.4. The number of carboxylic acids is 2. The summed E-state index contributed by atoms with van der Waals surface area (Å²) in [5.74, 6) is -20.9. The molecule has 0 aliphatic carbocycles. The molecular weight excluding hydrogens is 1820 g/mol. The van der Waals surface area contributed by atoms with E-state index in [4.69, 9.17) is 10.8 Å². The van der Waals surface area contributed by atoms with Crippen LogP contribution >= 0.6 is 0 Å². The molecule has 2 rings (SSSR count). The zero-order valence-corrected chi connectivity index (χ0v) is 84.1. The standard InChI is InChI=1S/C91H148N22O26/c1-27-91(26,82(138)102-54(37-40-62(118)119)69(124)100-53(35-38-59(92)115)68(123)101-57(75(130)131)43-52-32-29-28-30-33-52)112-81(137)89(22,23)111-73(128)63(46(4)5)103-72(127)58-34-31-41-113(58)83(139)90(24,25)109-71(126)56(42-45(2)3)98-61(117)44-94-76(132)84(12,13)110-74(129)64(47(6)7)104-80(136)88(20,21)108-70(125)55(36-39-60(93)116)99-65(120)48(8)95-78(134)86(16,17)106-67(122)50(10)97-79(135)87(18,19)107-66(121)49(9)96-77(133)85(14,15)105-51(11)114/h28-30,32-33,45-50,53-58,63-64H,27,31,34-44H2,1-26H3,(H2,92,115)(H2,93,116)(H,94,132)(H,95,134)(H,96,133)(H,97,135)(H,98,117)(H,99,120)(H,100,124)(H,101,123)(H,102,138)(H,103,127)(H,104,136)(H,105,114)(H,106,122)(H,107,121)(H,108,125)(H,109,126)(H,110,129)(H,111,128)(H,112,137)(H,118,119)(H,130,131)/t48-,49-,50-,53-,54-,55-,56-,57-,58-,63-,64-,91?/m0/s1. The lowest BCUT2D eigenvalue weighted by molar-refractivity contribution is -0.139. The quantitative estimate of drug-likeness (QED) is 0.0213. The van der Waals surface area contributed by atoms with E-state index in [9.17, 15) is 132 Å². The molecule has 778 valence electrons.